The van der Waals surface area contributed by atoms with E-state index >= 15 is 0 Å². The van der Waals surface area contributed by atoms with E-state index in [-0.39, 0.29) is 44.8 Å². The van der Waals surface area contributed by atoms with Crippen LogP contribution in [-0.2, 0) is 43.0 Å². The molecule has 0 aromatic rings. The molecule has 47 heavy (non-hydrogen) atoms. The standard InChI is InChI=1S/C30H50N2O15/c1-17-23(37)25(39)27(41)29(45-17)43-15-7-5-13-31(14-6-8-16-44-30-28(42)26(40)24(38)18(2)46-30)19(33)9-3-4-10-22(36)47-32-20(34)11-12-21(32)35/h17-18,23-30,37-42H,3-16H2,1-2H3/t17-,18-,23+,24+,25+,26+,27-,28-,29+,30+/m0/s1. The van der Waals surface area contributed by atoms with Crippen molar-refractivity contribution in [3.05, 3.63) is 0 Å². The first-order chi connectivity index (χ1) is 22.3. The number of aliphatic hydroxyl groups is 6. The van der Waals surface area contributed by atoms with E-state index in [1.165, 1.54) is 0 Å². The van der Waals surface area contributed by atoms with Gasteiger partial charge in [-0.3, -0.25) is 14.4 Å². The van der Waals surface area contributed by atoms with Crippen LogP contribution in [0.1, 0.15) is 78.1 Å². The van der Waals surface area contributed by atoms with Crippen LogP contribution in [-0.4, -0.2) is 152 Å². The predicted molar refractivity (Wildman–Crippen MR) is 157 cm³/mol. The molecule has 0 spiro atoms. The molecule has 0 aliphatic carbocycles. The summed E-state index contributed by atoms with van der Waals surface area (Å²) in [5, 5.41) is 60.3. The lowest BCUT2D eigenvalue weighted by Gasteiger charge is -2.39. The maximum atomic E-state index is 13.1. The van der Waals surface area contributed by atoms with Crippen LogP contribution in [0.3, 0.4) is 0 Å². The fraction of sp³-hybridized carbons (Fsp3) is 0.867. The summed E-state index contributed by atoms with van der Waals surface area (Å²) in [6.07, 6.45) is -8.94. The molecule has 0 aromatic heterocycles. The fourth-order valence-electron chi connectivity index (χ4n) is 5.38. The second-order valence-electron chi connectivity index (χ2n) is 12.2. The van der Waals surface area contributed by atoms with Gasteiger partial charge in [0.2, 0.25) is 5.91 Å². The molecular formula is C30H50N2O15. The Kier molecular flexibility index (Phi) is 15.8. The number of rotatable bonds is 18. The Balaban J connectivity index is 1.41. The first-order valence-corrected chi connectivity index (χ1v) is 16.3. The van der Waals surface area contributed by atoms with E-state index in [1.54, 1.807) is 18.7 Å². The first kappa shape index (κ1) is 39.1. The van der Waals surface area contributed by atoms with Crippen LogP contribution in [0.25, 0.3) is 0 Å². The highest BCUT2D eigenvalue weighted by molar-refractivity contribution is 6.01. The van der Waals surface area contributed by atoms with Gasteiger partial charge < -0.3 is 59.3 Å². The van der Waals surface area contributed by atoms with Crippen LogP contribution in [0.2, 0.25) is 0 Å². The summed E-state index contributed by atoms with van der Waals surface area (Å²) in [4.78, 5) is 54.9. The molecule has 17 heteroatoms. The highest BCUT2D eigenvalue weighted by Crippen LogP contribution is 2.23. The largest absolute Gasteiger partial charge is 0.388 e. The number of hydrogen-bond donors (Lipinski definition) is 6. The van der Waals surface area contributed by atoms with Crippen LogP contribution in [0, 0.1) is 0 Å². The minimum absolute atomic E-state index is 0.000253. The van der Waals surface area contributed by atoms with E-state index in [0.717, 1.165) is 0 Å². The lowest BCUT2D eigenvalue weighted by atomic mass is 10.0. The maximum Gasteiger partial charge on any atom is 0.333 e. The Labute approximate surface area is 273 Å². The Morgan fingerprint density at radius 2 is 1.13 bits per heavy atom. The van der Waals surface area contributed by atoms with Crippen molar-refractivity contribution >= 4 is 23.7 Å². The number of ether oxygens (including phenoxy) is 4. The highest BCUT2D eigenvalue weighted by atomic mass is 16.7. The summed E-state index contributed by atoms with van der Waals surface area (Å²) in [7, 11) is 0. The SMILES string of the molecule is C[C@@H]1O[C@@H](OCCCCN(CCCCO[C@@H]2O[C@@H](C)[C@@H](O)[C@@H](O)[C@@H]2O)C(=O)CCCCC(=O)ON2C(=O)CCC2=O)[C@@H](O)[C@H](O)[C@@H]1O. The Morgan fingerprint density at radius 3 is 1.60 bits per heavy atom. The van der Waals surface area contributed by atoms with Crippen molar-refractivity contribution in [2.45, 2.75) is 139 Å². The molecule has 3 heterocycles. The zero-order valence-electron chi connectivity index (χ0n) is 26.9. The van der Waals surface area contributed by atoms with Gasteiger partial charge in [-0.2, -0.15) is 0 Å². The van der Waals surface area contributed by atoms with Crippen molar-refractivity contribution in [2.75, 3.05) is 26.3 Å². The molecule has 6 N–H and O–H groups in total. The quantitative estimate of drug-likeness (QED) is 0.0694. The van der Waals surface area contributed by atoms with E-state index in [0.29, 0.717) is 56.7 Å². The first-order valence-electron chi connectivity index (χ1n) is 16.3. The minimum atomic E-state index is -1.41. The summed E-state index contributed by atoms with van der Waals surface area (Å²) in [6.45, 7) is 4.20. The number of hydroxylamine groups is 2. The zero-order chi connectivity index (χ0) is 34.7. The molecule has 0 saturated carbocycles. The summed E-state index contributed by atoms with van der Waals surface area (Å²) in [5.74, 6) is -2.01. The number of nitrogens with zero attached hydrogens (tertiary/aromatic N) is 2. The van der Waals surface area contributed by atoms with Crippen LogP contribution >= 0.6 is 0 Å². The number of amides is 3. The van der Waals surface area contributed by atoms with E-state index < -0.39 is 79.2 Å². The van der Waals surface area contributed by atoms with Crippen molar-refractivity contribution in [3.63, 3.8) is 0 Å². The number of unbranched alkanes of at least 4 members (excludes halogenated alkanes) is 3. The molecular weight excluding hydrogens is 628 g/mol. The van der Waals surface area contributed by atoms with Crippen molar-refractivity contribution in [2.24, 2.45) is 0 Å². The summed E-state index contributed by atoms with van der Waals surface area (Å²) in [5.41, 5.74) is 0. The molecule has 17 nitrogen and oxygen atoms in total. The van der Waals surface area contributed by atoms with E-state index in [4.69, 9.17) is 23.8 Å². The van der Waals surface area contributed by atoms with Crippen LogP contribution in [0.4, 0.5) is 0 Å². The Morgan fingerprint density at radius 1 is 0.681 bits per heavy atom. The monoisotopic (exact) mass is 678 g/mol. The van der Waals surface area contributed by atoms with E-state index in [2.05, 4.69) is 0 Å². The molecule has 0 unspecified atom stereocenters. The predicted octanol–water partition coefficient (Wildman–Crippen LogP) is -1.77. The number of imide groups is 1. The van der Waals surface area contributed by atoms with Gasteiger partial charge in [-0.25, -0.2) is 4.79 Å². The van der Waals surface area contributed by atoms with Crippen molar-refractivity contribution in [3.8, 4) is 0 Å². The van der Waals surface area contributed by atoms with Gasteiger partial charge in [0, 0.05) is 52.0 Å². The van der Waals surface area contributed by atoms with Gasteiger partial charge in [0.05, 0.1) is 12.2 Å². The van der Waals surface area contributed by atoms with Gasteiger partial charge in [-0.05, 0) is 52.4 Å². The van der Waals surface area contributed by atoms with E-state index in [9.17, 15) is 49.8 Å². The molecule has 3 rings (SSSR count). The lowest BCUT2D eigenvalue weighted by molar-refractivity contribution is -0.293. The molecule has 0 bridgehead atoms. The molecule has 3 saturated heterocycles. The minimum Gasteiger partial charge on any atom is -0.388 e. The molecule has 3 aliphatic rings. The summed E-state index contributed by atoms with van der Waals surface area (Å²) >= 11 is 0. The van der Waals surface area contributed by atoms with Crippen molar-refractivity contribution in [1.29, 1.82) is 0 Å². The number of hydrogen-bond acceptors (Lipinski definition) is 15. The number of carbonyl (C=O) groups excluding carboxylic acids is 4. The van der Waals surface area contributed by atoms with Gasteiger partial charge in [0.25, 0.3) is 11.8 Å². The Bertz CT molecular complexity index is 973. The van der Waals surface area contributed by atoms with Crippen LogP contribution < -0.4 is 0 Å². The number of aliphatic hydroxyl groups excluding tert-OH is 6. The third-order valence-corrected chi connectivity index (χ3v) is 8.40. The average Bonchev–Trinajstić information content (AvgIpc) is 3.36. The van der Waals surface area contributed by atoms with Gasteiger partial charge >= 0.3 is 5.97 Å². The summed E-state index contributed by atoms with van der Waals surface area (Å²) < 4.78 is 22.0. The third kappa shape index (κ3) is 11.4. The molecule has 270 valence electrons. The van der Waals surface area contributed by atoms with Crippen LogP contribution in [0.15, 0.2) is 0 Å². The molecule has 3 aliphatic heterocycles. The zero-order valence-corrected chi connectivity index (χ0v) is 26.9. The molecule has 0 radical (unpaired) electrons. The Hall–Kier alpha value is -2.32. The van der Waals surface area contributed by atoms with Crippen molar-refractivity contribution in [1.82, 2.24) is 9.96 Å². The second-order valence-corrected chi connectivity index (χ2v) is 12.2. The lowest BCUT2D eigenvalue weighted by Crippen LogP contribution is -2.57. The van der Waals surface area contributed by atoms with Gasteiger partial charge in [-0.15, -0.1) is 5.06 Å². The van der Waals surface area contributed by atoms with Gasteiger partial charge in [0.15, 0.2) is 12.6 Å². The third-order valence-electron chi connectivity index (χ3n) is 8.40. The number of carbonyl (C=O) groups is 4. The van der Waals surface area contributed by atoms with E-state index in [1.807, 2.05) is 0 Å². The molecule has 3 amide bonds. The molecule has 10 atom stereocenters. The van der Waals surface area contributed by atoms with Crippen molar-refractivity contribution < 1.29 is 73.6 Å². The molecule has 3 fully saturated rings. The topological polar surface area (TPSA) is 242 Å². The van der Waals surface area contributed by atoms with Gasteiger partial charge in [-0.1, -0.05) is 0 Å². The van der Waals surface area contributed by atoms with Gasteiger partial charge in [0.1, 0.15) is 36.6 Å². The summed E-state index contributed by atoms with van der Waals surface area (Å²) in [6, 6.07) is 0. The average molecular weight is 679 g/mol. The second kappa shape index (κ2) is 19.0. The maximum absolute atomic E-state index is 13.1. The fourth-order valence-corrected chi connectivity index (χ4v) is 5.38. The van der Waals surface area contributed by atoms with Crippen LogP contribution in [0.5, 0.6) is 0 Å². The normalized spacial score (nSPS) is 32.9. The smallest absolute Gasteiger partial charge is 0.333 e. The molecule has 0 aromatic carbocycles. The highest BCUT2D eigenvalue weighted by Gasteiger charge is 2.43.